The maximum atomic E-state index is 13.8. The van der Waals surface area contributed by atoms with Crippen LogP contribution in [0.4, 0.5) is 9.18 Å². The Kier molecular flexibility index (Phi) is 2.14. The first-order valence-electron chi connectivity index (χ1n) is 4.87. The molecule has 2 N–H and O–H groups in total. The zero-order valence-electron chi connectivity index (χ0n) is 7.82. The third kappa shape index (κ3) is 1.35. The van der Waals surface area contributed by atoms with Crippen LogP contribution < -0.4 is 0 Å². The summed E-state index contributed by atoms with van der Waals surface area (Å²) < 4.78 is 13.8. The van der Waals surface area contributed by atoms with Crippen LogP contribution in [0.25, 0.3) is 0 Å². The van der Waals surface area contributed by atoms with Crippen molar-refractivity contribution in [1.29, 1.82) is 0 Å². The summed E-state index contributed by atoms with van der Waals surface area (Å²) in [6.07, 6.45) is 0.779. The van der Waals surface area contributed by atoms with Crippen LogP contribution in [0.3, 0.4) is 0 Å². The Balaban J connectivity index is 2.16. The van der Waals surface area contributed by atoms with E-state index in [4.69, 9.17) is 10.2 Å². The molecule has 0 aromatic carbocycles. The summed E-state index contributed by atoms with van der Waals surface area (Å²) in [5.74, 6) is 0. The lowest BCUT2D eigenvalue weighted by Gasteiger charge is -2.39. The van der Waals surface area contributed by atoms with Gasteiger partial charge in [0.15, 0.2) is 0 Å². The van der Waals surface area contributed by atoms with Crippen LogP contribution in [-0.2, 0) is 0 Å². The lowest BCUT2D eigenvalue weighted by molar-refractivity contribution is -0.0178. The van der Waals surface area contributed by atoms with E-state index in [0.29, 0.717) is 0 Å². The predicted octanol–water partition coefficient (Wildman–Crippen LogP) is 0.992. The molecule has 4 nitrogen and oxygen atoms in total. The van der Waals surface area contributed by atoms with Crippen molar-refractivity contribution in [2.45, 2.75) is 43.4 Å². The molecule has 0 saturated carbocycles. The van der Waals surface area contributed by atoms with Crippen LogP contribution in [0, 0.1) is 0 Å². The van der Waals surface area contributed by atoms with E-state index in [2.05, 4.69) is 0 Å². The van der Waals surface area contributed by atoms with Gasteiger partial charge in [-0.15, -0.1) is 0 Å². The Morgan fingerprint density at radius 3 is 2.29 bits per heavy atom. The van der Waals surface area contributed by atoms with E-state index in [1.165, 1.54) is 4.90 Å². The molecule has 0 spiro atoms. The number of hydrogen-bond acceptors (Lipinski definition) is 2. The first-order chi connectivity index (χ1) is 6.56. The lowest BCUT2D eigenvalue weighted by Crippen LogP contribution is -2.52. The summed E-state index contributed by atoms with van der Waals surface area (Å²) in [4.78, 5) is 12.2. The standard InChI is InChI=1S/C9H14FNO3/c10-9(5-12)3-6-1-2-7(4-9)11(6)8(13)14/h6-7,12H,1-5H2,(H,13,14). The molecule has 2 unspecified atom stereocenters. The predicted molar refractivity (Wildman–Crippen MR) is 46.8 cm³/mol. The number of halogens is 1. The Hall–Kier alpha value is -0.840. The number of carbonyl (C=O) groups is 1. The minimum absolute atomic E-state index is 0.145. The van der Waals surface area contributed by atoms with Gasteiger partial charge in [-0.1, -0.05) is 0 Å². The van der Waals surface area contributed by atoms with Gasteiger partial charge in [0.2, 0.25) is 0 Å². The van der Waals surface area contributed by atoms with Crippen molar-refractivity contribution in [3.8, 4) is 0 Å². The summed E-state index contributed by atoms with van der Waals surface area (Å²) in [5.41, 5.74) is -1.56. The SMILES string of the molecule is O=C(O)N1C2CCC1CC(F)(CO)C2. The second-order valence-electron chi connectivity index (χ2n) is 4.29. The van der Waals surface area contributed by atoms with Crippen LogP contribution in [0.5, 0.6) is 0 Å². The van der Waals surface area contributed by atoms with Crippen molar-refractivity contribution in [3.63, 3.8) is 0 Å². The van der Waals surface area contributed by atoms with Gasteiger partial charge in [-0.3, -0.25) is 0 Å². The molecule has 2 saturated heterocycles. The summed E-state index contributed by atoms with van der Waals surface area (Å²) in [5, 5.41) is 17.8. The molecule has 2 aliphatic heterocycles. The molecule has 2 aliphatic rings. The minimum atomic E-state index is -1.56. The second-order valence-corrected chi connectivity index (χ2v) is 4.29. The van der Waals surface area contributed by atoms with Gasteiger partial charge in [0.05, 0.1) is 6.61 Å². The quantitative estimate of drug-likeness (QED) is 0.668. The van der Waals surface area contributed by atoms with E-state index in [-0.39, 0.29) is 24.9 Å². The van der Waals surface area contributed by atoms with Gasteiger partial charge in [0.25, 0.3) is 0 Å². The van der Waals surface area contributed by atoms with E-state index in [0.717, 1.165) is 12.8 Å². The highest BCUT2D eigenvalue weighted by Gasteiger charge is 2.50. The van der Waals surface area contributed by atoms with Crippen LogP contribution >= 0.6 is 0 Å². The van der Waals surface area contributed by atoms with Gasteiger partial charge in [-0.25, -0.2) is 9.18 Å². The fourth-order valence-corrected chi connectivity index (χ4v) is 2.73. The normalized spacial score (nSPS) is 41.4. The number of hydrogen-bond donors (Lipinski definition) is 2. The number of piperidine rings is 1. The van der Waals surface area contributed by atoms with Crippen molar-refractivity contribution in [2.24, 2.45) is 0 Å². The first kappa shape index (κ1) is 9.71. The number of alkyl halides is 1. The highest BCUT2D eigenvalue weighted by atomic mass is 19.1. The smallest absolute Gasteiger partial charge is 0.407 e. The van der Waals surface area contributed by atoms with Crippen molar-refractivity contribution < 1.29 is 19.4 Å². The molecule has 0 aliphatic carbocycles. The fourth-order valence-electron chi connectivity index (χ4n) is 2.73. The van der Waals surface area contributed by atoms with E-state index >= 15 is 0 Å². The lowest BCUT2D eigenvalue weighted by atomic mass is 9.89. The van der Waals surface area contributed by atoms with Gasteiger partial charge >= 0.3 is 6.09 Å². The van der Waals surface area contributed by atoms with E-state index in [1.807, 2.05) is 0 Å². The second kappa shape index (κ2) is 3.08. The zero-order chi connectivity index (χ0) is 10.3. The van der Waals surface area contributed by atoms with Gasteiger partial charge in [0.1, 0.15) is 5.67 Å². The molecule has 2 bridgehead atoms. The molecule has 5 heteroatoms. The Labute approximate surface area is 81.3 Å². The van der Waals surface area contributed by atoms with Gasteiger partial charge < -0.3 is 15.1 Å². The number of carboxylic acid groups (broad SMARTS) is 1. The Bertz CT molecular complexity index is 244. The average molecular weight is 203 g/mol. The topological polar surface area (TPSA) is 60.8 Å². The summed E-state index contributed by atoms with van der Waals surface area (Å²) >= 11 is 0. The van der Waals surface area contributed by atoms with Crippen LogP contribution in [0.1, 0.15) is 25.7 Å². The highest BCUT2D eigenvalue weighted by Crippen LogP contribution is 2.42. The molecule has 2 heterocycles. The zero-order valence-corrected chi connectivity index (χ0v) is 7.82. The summed E-state index contributed by atoms with van der Waals surface area (Å²) in [6, 6.07) is -0.466. The molecule has 2 rings (SSSR count). The van der Waals surface area contributed by atoms with Crippen molar-refractivity contribution in [3.05, 3.63) is 0 Å². The molecular formula is C9H14FNO3. The average Bonchev–Trinajstić information content (AvgIpc) is 2.40. The number of fused-ring (bicyclic) bond motifs is 2. The van der Waals surface area contributed by atoms with Gasteiger partial charge in [0, 0.05) is 24.9 Å². The maximum absolute atomic E-state index is 13.8. The van der Waals surface area contributed by atoms with Gasteiger partial charge in [-0.05, 0) is 12.8 Å². The number of aliphatic hydroxyl groups excluding tert-OH is 1. The van der Waals surface area contributed by atoms with Gasteiger partial charge in [-0.2, -0.15) is 0 Å². The molecule has 0 aromatic heterocycles. The molecule has 2 atom stereocenters. The Morgan fingerprint density at radius 2 is 1.93 bits per heavy atom. The number of nitrogens with zero attached hydrogens (tertiary/aromatic N) is 1. The van der Waals surface area contributed by atoms with Crippen molar-refractivity contribution >= 4 is 6.09 Å². The van der Waals surface area contributed by atoms with E-state index in [9.17, 15) is 9.18 Å². The molecule has 2 fully saturated rings. The van der Waals surface area contributed by atoms with Crippen LogP contribution in [-0.4, -0.2) is 45.6 Å². The number of rotatable bonds is 1. The van der Waals surface area contributed by atoms with Crippen LogP contribution in [0.15, 0.2) is 0 Å². The third-order valence-electron chi connectivity index (χ3n) is 3.33. The molecule has 0 aromatic rings. The van der Waals surface area contributed by atoms with Crippen molar-refractivity contribution in [2.75, 3.05) is 6.61 Å². The molecule has 1 amide bonds. The maximum Gasteiger partial charge on any atom is 0.407 e. The third-order valence-corrected chi connectivity index (χ3v) is 3.33. The van der Waals surface area contributed by atoms with E-state index < -0.39 is 18.4 Å². The van der Waals surface area contributed by atoms with Crippen LogP contribution in [0.2, 0.25) is 0 Å². The monoisotopic (exact) mass is 203 g/mol. The highest BCUT2D eigenvalue weighted by molar-refractivity contribution is 5.66. The largest absolute Gasteiger partial charge is 0.465 e. The molecule has 80 valence electrons. The summed E-state index contributed by atoms with van der Waals surface area (Å²) in [7, 11) is 0. The molecule has 0 radical (unpaired) electrons. The minimum Gasteiger partial charge on any atom is -0.465 e. The molecular weight excluding hydrogens is 189 g/mol. The van der Waals surface area contributed by atoms with E-state index in [1.54, 1.807) is 0 Å². The summed E-state index contributed by atoms with van der Waals surface area (Å²) in [6.45, 7) is -0.493. The van der Waals surface area contributed by atoms with Crippen molar-refractivity contribution in [1.82, 2.24) is 4.90 Å². The fraction of sp³-hybridized carbons (Fsp3) is 0.889. The first-order valence-corrected chi connectivity index (χ1v) is 4.87. The number of aliphatic hydroxyl groups is 1. The number of amides is 1. The molecule has 14 heavy (non-hydrogen) atoms. The Morgan fingerprint density at radius 1 is 1.43 bits per heavy atom.